The van der Waals surface area contributed by atoms with Crippen molar-refractivity contribution in [2.45, 2.75) is 31.2 Å². The summed E-state index contributed by atoms with van der Waals surface area (Å²) in [5.41, 5.74) is 0.659. The van der Waals surface area contributed by atoms with Gasteiger partial charge in [0.05, 0.1) is 28.3 Å². The van der Waals surface area contributed by atoms with Gasteiger partial charge in [0, 0.05) is 13.1 Å². The number of benzene rings is 2. The molecule has 0 unspecified atom stereocenters. The third-order valence-corrected chi connectivity index (χ3v) is 6.38. The molecule has 2 aromatic rings. The minimum Gasteiger partial charge on any atom is -0.497 e. The molecule has 0 heterocycles. The van der Waals surface area contributed by atoms with Crippen LogP contribution in [0.25, 0.3) is 0 Å². The highest BCUT2D eigenvalue weighted by molar-refractivity contribution is 7.92. The lowest BCUT2D eigenvalue weighted by Gasteiger charge is -2.20. The Kier molecular flexibility index (Phi) is 6.73. The Balaban J connectivity index is 2.29. The van der Waals surface area contributed by atoms with Crippen LogP contribution in [0, 0.1) is 0 Å². The van der Waals surface area contributed by atoms with Crippen LogP contribution in [0.5, 0.6) is 5.75 Å². The SMILES string of the molecule is CC[C@@H](C)NC(=O)c1ccc(N(C)S(=O)(=O)c2ccc(OC)cc2)cc1Cl. The van der Waals surface area contributed by atoms with Crippen LogP contribution in [0.1, 0.15) is 30.6 Å². The maximum Gasteiger partial charge on any atom is 0.264 e. The molecule has 0 aliphatic heterocycles. The van der Waals surface area contributed by atoms with Gasteiger partial charge in [-0.15, -0.1) is 0 Å². The number of hydrogen-bond acceptors (Lipinski definition) is 4. The molecule has 0 spiro atoms. The minimum absolute atomic E-state index is 0.0198. The Bertz CT molecular complexity index is 914. The molecule has 8 heteroatoms. The van der Waals surface area contributed by atoms with E-state index in [2.05, 4.69) is 5.32 Å². The number of hydrogen-bond donors (Lipinski definition) is 1. The molecule has 0 aromatic heterocycles. The van der Waals surface area contributed by atoms with E-state index in [4.69, 9.17) is 16.3 Å². The number of amides is 1. The number of carbonyl (C=O) groups excluding carboxylic acids is 1. The first kappa shape index (κ1) is 21.1. The smallest absolute Gasteiger partial charge is 0.264 e. The summed E-state index contributed by atoms with van der Waals surface area (Å²) in [5.74, 6) is 0.276. The summed E-state index contributed by atoms with van der Waals surface area (Å²) < 4.78 is 31.8. The fraction of sp³-hybridized carbons (Fsp3) is 0.316. The monoisotopic (exact) mass is 410 g/mol. The van der Waals surface area contributed by atoms with Gasteiger partial charge in [-0.05, 0) is 55.8 Å². The van der Waals surface area contributed by atoms with Crippen molar-refractivity contribution in [3.05, 3.63) is 53.1 Å². The zero-order valence-electron chi connectivity index (χ0n) is 15.7. The summed E-state index contributed by atoms with van der Waals surface area (Å²) in [6.07, 6.45) is 0.796. The quantitative estimate of drug-likeness (QED) is 0.755. The number of nitrogens with one attached hydrogen (secondary N) is 1. The predicted octanol–water partition coefficient (Wildman–Crippen LogP) is 3.70. The van der Waals surface area contributed by atoms with Gasteiger partial charge in [0.1, 0.15) is 5.75 Å². The van der Waals surface area contributed by atoms with Crippen LogP contribution in [0.3, 0.4) is 0 Å². The van der Waals surface area contributed by atoms with E-state index in [0.29, 0.717) is 17.0 Å². The largest absolute Gasteiger partial charge is 0.497 e. The summed E-state index contributed by atoms with van der Waals surface area (Å²) in [4.78, 5) is 12.4. The van der Waals surface area contributed by atoms with Gasteiger partial charge >= 0.3 is 0 Å². The lowest BCUT2D eigenvalue weighted by atomic mass is 10.1. The van der Waals surface area contributed by atoms with Crippen molar-refractivity contribution in [1.82, 2.24) is 5.32 Å². The molecule has 6 nitrogen and oxygen atoms in total. The van der Waals surface area contributed by atoms with E-state index >= 15 is 0 Å². The number of nitrogens with zero attached hydrogens (tertiary/aromatic N) is 1. The lowest BCUT2D eigenvalue weighted by molar-refractivity contribution is 0.0939. The van der Waals surface area contributed by atoms with E-state index in [1.165, 1.54) is 38.4 Å². The maximum atomic E-state index is 12.8. The predicted molar refractivity (Wildman–Crippen MR) is 107 cm³/mol. The molecule has 27 heavy (non-hydrogen) atoms. The number of halogens is 1. The lowest BCUT2D eigenvalue weighted by Crippen LogP contribution is -2.32. The molecule has 0 saturated heterocycles. The fourth-order valence-corrected chi connectivity index (χ4v) is 3.78. The molecular formula is C19H23ClN2O4S. The Labute approximate surface area is 165 Å². The van der Waals surface area contributed by atoms with Gasteiger partial charge < -0.3 is 10.1 Å². The first-order valence-electron chi connectivity index (χ1n) is 8.44. The number of carbonyl (C=O) groups is 1. The summed E-state index contributed by atoms with van der Waals surface area (Å²) >= 11 is 6.23. The Morgan fingerprint density at radius 1 is 1.22 bits per heavy atom. The van der Waals surface area contributed by atoms with Crippen molar-refractivity contribution < 1.29 is 17.9 Å². The van der Waals surface area contributed by atoms with Gasteiger partial charge in [0.15, 0.2) is 0 Å². The molecular weight excluding hydrogens is 388 g/mol. The highest BCUT2D eigenvalue weighted by Gasteiger charge is 2.23. The second-order valence-electron chi connectivity index (χ2n) is 6.09. The van der Waals surface area contributed by atoms with Crippen LogP contribution in [0.15, 0.2) is 47.4 Å². The van der Waals surface area contributed by atoms with E-state index in [1.54, 1.807) is 18.2 Å². The van der Waals surface area contributed by atoms with Gasteiger partial charge in [0.25, 0.3) is 15.9 Å². The highest BCUT2D eigenvalue weighted by atomic mass is 35.5. The molecule has 146 valence electrons. The number of methoxy groups -OCH3 is 1. The van der Waals surface area contributed by atoms with Gasteiger partial charge in [-0.1, -0.05) is 18.5 Å². The highest BCUT2D eigenvalue weighted by Crippen LogP contribution is 2.28. The summed E-state index contributed by atoms with van der Waals surface area (Å²) in [5, 5.41) is 3.02. The van der Waals surface area contributed by atoms with Crippen molar-refractivity contribution in [2.24, 2.45) is 0 Å². The molecule has 0 aliphatic rings. The van der Waals surface area contributed by atoms with E-state index in [-0.39, 0.29) is 21.9 Å². The van der Waals surface area contributed by atoms with Gasteiger partial charge in [-0.3, -0.25) is 9.10 Å². The number of anilines is 1. The third kappa shape index (κ3) is 4.73. The van der Waals surface area contributed by atoms with Gasteiger partial charge in [-0.2, -0.15) is 0 Å². The van der Waals surface area contributed by atoms with Crippen LogP contribution < -0.4 is 14.4 Å². The van der Waals surface area contributed by atoms with E-state index in [9.17, 15) is 13.2 Å². The standard InChI is InChI=1S/C19H23ClN2O4S/c1-5-13(2)21-19(23)17-11-6-14(12-18(17)20)22(3)27(24,25)16-9-7-15(26-4)8-10-16/h6-13H,5H2,1-4H3,(H,21,23)/t13-/m1/s1. The molecule has 0 fully saturated rings. The molecule has 2 rings (SSSR count). The van der Waals surface area contributed by atoms with Crippen molar-refractivity contribution in [2.75, 3.05) is 18.5 Å². The zero-order valence-corrected chi connectivity index (χ0v) is 17.3. The Morgan fingerprint density at radius 2 is 1.85 bits per heavy atom. The Hall–Kier alpha value is -2.25. The molecule has 0 radical (unpaired) electrons. The topological polar surface area (TPSA) is 75.7 Å². The first-order valence-corrected chi connectivity index (χ1v) is 10.3. The average Bonchev–Trinajstić information content (AvgIpc) is 2.66. The molecule has 1 atom stereocenters. The number of ether oxygens (including phenoxy) is 1. The van der Waals surface area contributed by atoms with Crippen molar-refractivity contribution in [3.8, 4) is 5.75 Å². The average molecular weight is 411 g/mol. The minimum atomic E-state index is -3.77. The van der Waals surface area contributed by atoms with Crippen LogP contribution in [0.2, 0.25) is 5.02 Å². The summed E-state index contributed by atoms with van der Waals surface area (Å²) in [6.45, 7) is 3.87. The normalized spacial score (nSPS) is 12.3. The molecule has 2 aromatic carbocycles. The summed E-state index contributed by atoms with van der Waals surface area (Å²) in [6, 6.07) is 10.7. The molecule has 0 aliphatic carbocycles. The molecule has 0 saturated carbocycles. The van der Waals surface area contributed by atoms with E-state index < -0.39 is 10.0 Å². The zero-order chi connectivity index (χ0) is 20.2. The molecule has 1 amide bonds. The van der Waals surface area contributed by atoms with Crippen LogP contribution >= 0.6 is 11.6 Å². The van der Waals surface area contributed by atoms with E-state index in [1.807, 2.05) is 13.8 Å². The van der Waals surface area contributed by atoms with E-state index in [0.717, 1.165) is 10.7 Å². The fourth-order valence-electron chi connectivity index (χ4n) is 2.33. The van der Waals surface area contributed by atoms with Crippen molar-refractivity contribution in [1.29, 1.82) is 0 Å². The third-order valence-electron chi connectivity index (χ3n) is 4.27. The number of rotatable bonds is 7. The van der Waals surface area contributed by atoms with Gasteiger partial charge in [-0.25, -0.2) is 8.42 Å². The van der Waals surface area contributed by atoms with Crippen LogP contribution in [-0.4, -0.2) is 34.5 Å². The Morgan fingerprint density at radius 3 is 2.37 bits per heavy atom. The molecule has 1 N–H and O–H groups in total. The second kappa shape index (κ2) is 8.63. The van der Waals surface area contributed by atoms with Crippen LogP contribution in [-0.2, 0) is 10.0 Å². The van der Waals surface area contributed by atoms with Crippen LogP contribution in [0.4, 0.5) is 5.69 Å². The second-order valence-corrected chi connectivity index (χ2v) is 8.47. The summed E-state index contributed by atoms with van der Waals surface area (Å²) in [7, 11) is -0.826. The van der Waals surface area contributed by atoms with Crippen molar-refractivity contribution in [3.63, 3.8) is 0 Å². The number of sulfonamides is 1. The van der Waals surface area contributed by atoms with Gasteiger partial charge in [0.2, 0.25) is 0 Å². The van der Waals surface area contributed by atoms with Crippen molar-refractivity contribution >= 4 is 33.2 Å². The maximum absolute atomic E-state index is 12.8. The first-order chi connectivity index (χ1) is 12.7. The molecule has 0 bridgehead atoms.